The van der Waals surface area contributed by atoms with Gasteiger partial charge < -0.3 is 25.6 Å². The minimum absolute atomic E-state index is 0.0598. The molecule has 0 bridgehead atoms. The third kappa shape index (κ3) is 8.39. The van der Waals surface area contributed by atoms with E-state index in [9.17, 15) is 22.0 Å². The molecule has 2 aliphatic heterocycles. The van der Waals surface area contributed by atoms with Crippen molar-refractivity contribution in [3.8, 4) is 17.0 Å². The number of hydrogen-bond donors (Lipinski definition) is 3. The molecule has 3 aromatic carbocycles. The Morgan fingerprint density at radius 1 is 1.00 bits per heavy atom. The number of halogens is 2. The Morgan fingerprint density at radius 2 is 1.77 bits per heavy atom. The standard InChI is InChI=1S/C39H39F2N7O4S/c1-25-23-29(52-28-15-19-47(20-16-28)21-22-53(2,50)51)12-13-32(25)43-39-42-17-14-33(44-39)37-35(45-34-11-3-4-18-48(34)37)26-7-5-8-27(24-26)38(49)46-36-30(40)9-6-10-31(36)41/h3-14,17-18,23-24,28,39,43-44H,15-16,19-22H2,1-2H3,(H,46,49). The number of allylic oxidation sites excluding steroid dienone is 1. The summed E-state index contributed by atoms with van der Waals surface area (Å²) in [6.07, 6.45) is 7.94. The number of piperidine rings is 1. The average Bonchev–Trinajstić information content (AvgIpc) is 3.54. The zero-order valence-electron chi connectivity index (χ0n) is 29.2. The summed E-state index contributed by atoms with van der Waals surface area (Å²) in [5.41, 5.74) is 4.91. The molecule has 4 heterocycles. The van der Waals surface area contributed by atoms with E-state index in [0.717, 1.165) is 66.5 Å². The molecule has 2 aromatic heterocycles. The lowest BCUT2D eigenvalue weighted by molar-refractivity contribution is 0.102. The number of nitrogens with zero attached hydrogens (tertiary/aromatic N) is 4. The first-order valence-electron chi connectivity index (χ1n) is 17.3. The second-order valence-corrected chi connectivity index (χ2v) is 15.5. The van der Waals surface area contributed by atoms with Crippen LogP contribution in [0.25, 0.3) is 22.6 Å². The first kappa shape index (κ1) is 35.8. The number of anilines is 2. The predicted molar refractivity (Wildman–Crippen MR) is 203 cm³/mol. The molecule has 274 valence electrons. The summed E-state index contributed by atoms with van der Waals surface area (Å²) < 4.78 is 59.9. The Bertz CT molecular complexity index is 2320. The third-order valence-electron chi connectivity index (χ3n) is 9.26. The predicted octanol–water partition coefficient (Wildman–Crippen LogP) is 6.14. The van der Waals surface area contributed by atoms with Crippen molar-refractivity contribution in [2.24, 2.45) is 4.99 Å². The Hall–Kier alpha value is -5.60. The van der Waals surface area contributed by atoms with Crippen LogP contribution in [0.5, 0.6) is 5.75 Å². The summed E-state index contributed by atoms with van der Waals surface area (Å²) in [7, 11) is -2.99. The molecule has 11 nitrogen and oxygen atoms in total. The summed E-state index contributed by atoms with van der Waals surface area (Å²) in [5, 5.41) is 9.29. The maximum Gasteiger partial charge on any atom is 0.255 e. The molecule has 1 atom stereocenters. The van der Waals surface area contributed by atoms with Gasteiger partial charge in [0.05, 0.1) is 22.8 Å². The number of sulfone groups is 1. The molecule has 14 heteroatoms. The monoisotopic (exact) mass is 739 g/mol. The zero-order valence-corrected chi connectivity index (χ0v) is 30.0. The van der Waals surface area contributed by atoms with Crippen molar-refractivity contribution < 1.29 is 26.7 Å². The number of pyridine rings is 1. The SMILES string of the molecule is Cc1cc(OC2CCN(CCS(C)(=O)=O)CC2)ccc1NC1N=CC=C(c2c(-c3cccc(C(=O)Nc4c(F)cccc4F)c3)nc3ccccn23)N1. The lowest BCUT2D eigenvalue weighted by Gasteiger charge is -2.32. The van der Waals surface area contributed by atoms with Gasteiger partial charge in [0.2, 0.25) is 0 Å². The van der Waals surface area contributed by atoms with Gasteiger partial charge in [-0.05, 0) is 86.0 Å². The van der Waals surface area contributed by atoms with E-state index in [1.54, 1.807) is 24.4 Å². The van der Waals surface area contributed by atoms with Gasteiger partial charge in [-0.3, -0.25) is 9.20 Å². The highest BCUT2D eigenvalue weighted by atomic mass is 32.2. The van der Waals surface area contributed by atoms with Crippen molar-refractivity contribution in [2.75, 3.05) is 42.3 Å². The molecule has 1 unspecified atom stereocenters. The number of ether oxygens (including phenoxy) is 1. The maximum atomic E-state index is 14.3. The maximum absolute atomic E-state index is 14.3. The minimum atomic E-state index is -2.99. The number of likely N-dealkylation sites (tertiary alicyclic amines) is 1. The van der Waals surface area contributed by atoms with E-state index in [0.29, 0.717) is 23.4 Å². The lowest BCUT2D eigenvalue weighted by Crippen LogP contribution is -2.40. The normalized spacial score (nSPS) is 16.6. The number of aromatic nitrogens is 2. The van der Waals surface area contributed by atoms with Crippen molar-refractivity contribution in [1.82, 2.24) is 19.6 Å². The number of nitrogens with one attached hydrogen (secondary N) is 3. The van der Waals surface area contributed by atoms with Crippen LogP contribution < -0.4 is 20.7 Å². The molecule has 1 fully saturated rings. The number of amides is 1. The van der Waals surface area contributed by atoms with Gasteiger partial charge in [0.1, 0.15) is 44.7 Å². The molecule has 0 radical (unpaired) electrons. The number of aryl methyl sites for hydroxylation is 1. The van der Waals surface area contributed by atoms with Crippen LogP contribution in [-0.4, -0.2) is 78.9 Å². The van der Waals surface area contributed by atoms with Crippen LogP contribution in [0, 0.1) is 18.6 Å². The van der Waals surface area contributed by atoms with Crippen molar-refractivity contribution in [2.45, 2.75) is 32.2 Å². The van der Waals surface area contributed by atoms with Gasteiger partial charge in [0.15, 0.2) is 6.29 Å². The van der Waals surface area contributed by atoms with E-state index in [-0.39, 0.29) is 17.4 Å². The van der Waals surface area contributed by atoms with Crippen LogP contribution >= 0.6 is 0 Å². The fraction of sp³-hybridized carbons (Fsp3) is 0.256. The molecule has 0 spiro atoms. The molecule has 0 saturated carbocycles. The molecular formula is C39H39F2N7O4S. The molecule has 7 rings (SSSR count). The van der Waals surface area contributed by atoms with E-state index < -0.39 is 39.4 Å². The van der Waals surface area contributed by atoms with Gasteiger partial charge in [-0.25, -0.2) is 27.2 Å². The molecule has 1 amide bonds. The summed E-state index contributed by atoms with van der Waals surface area (Å²) in [6, 6.07) is 21.7. The van der Waals surface area contributed by atoms with Gasteiger partial charge in [0, 0.05) is 55.1 Å². The Labute approximate surface area is 306 Å². The number of aliphatic imine (C=N–C) groups is 1. The first-order chi connectivity index (χ1) is 25.5. The fourth-order valence-corrected chi connectivity index (χ4v) is 7.07. The van der Waals surface area contributed by atoms with Gasteiger partial charge >= 0.3 is 0 Å². The van der Waals surface area contributed by atoms with Gasteiger partial charge in [-0.2, -0.15) is 0 Å². The van der Waals surface area contributed by atoms with Crippen LogP contribution in [0.2, 0.25) is 0 Å². The van der Waals surface area contributed by atoms with Crippen LogP contribution in [0.4, 0.5) is 20.2 Å². The second-order valence-electron chi connectivity index (χ2n) is 13.2. The summed E-state index contributed by atoms with van der Waals surface area (Å²) in [6.45, 7) is 4.14. The number of carbonyl (C=O) groups excluding carboxylic acids is 1. The fourth-order valence-electron chi connectivity index (χ4n) is 6.48. The van der Waals surface area contributed by atoms with Crippen LogP contribution in [-0.2, 0) is 9.84 Å². The van der Waals surface area contributed by atoms with Gasteiger partial charge in [-0.1, -0.05) is 24.3 Å². The third-order valence-corrected chi connectivity index (χ3v) is 10.2. The Kier molecular flexibility index (Phi) is 10.2. The minimum Gasteiger partial charge on any atom is -0.490 e. The number of hydrogen-bond acceptors (Lipinski definition) is 9. The summed E-state index contributed by atoms with van der Waals surface area (Å²) in [5.74, 6) is -1.45. The van der Waals surface area contributed by atoms with E-state index in [1.807, 2.05) is 66.1 Å². The van der Waals surface area contributed by atoms with E-state index in [1.165, 1.54) is 12.3 Å². The quantitative estimate of drug-likeness (QED) is 0.148. The Morgan fingerprint density at radius 3 is 2.53 bits per heavy atom. The molecule has 0 aliphatic carbocycles. The summed E-state index contributed by atoms with van der Waals surface area (Å²) >= 11 is 0. The van der Waals surface area contributed by atoms with Crippen LogP contribution in [0.1, 0.15) is 34.5 Å². The lowest BCUT2D eigenvalue weighted by atomic mass is 10.0. The molecular weight excluding hydrogens is 701 g/mol. The molecule has 2 aliphatic rings. The molecule has 53 heavy (non-hydrogen) atoms. The van der Waals surface area contributed by atoms with Crippen molar-refractivity contribution in [3.05, 3.63) is 120 Å². The first-order valence-corrected chi connectivity index (χ1v) is 19.3. The number of carbonyl (C=O) groups is 1. The van der Waals surface area contributed by atoms with Crippen molar-refractivity contribution in [3.63, 3.8) is 0 Å². The second kappa shape index (κ2) is 15.2. The van der Waals surface area contributed by atoms with Gasteiger partial charge in [-0.15, -0.1) is 0 Å². The molecule has 1 saturated heterocycles. The highest BCUT2D eigenvalue weighted by molar-refractivity contribution is 7.90. The largest absolute Gasteiger partial charge is 0.490 e. The molecule has 3 N–H and O–H groups in total. The number of para-hydroxylation sites is 1. The Balaban J connectivity index is 1.05. The number of imidazole rings is 1. The highest BCUT2D eigenvalue weighted by Gasteiger charge is 2.24. The average molecular weight is 740 g/mol. The number of fused-ring (bicyclic) bond motifs is 1. The smallest absolute Gasteiger partial charge is 0.255 e. The zero-order chi connectivity index (χ0) is 37.1. The van der Waals surface area contributed by atoms with E-state index in [4.69, 9.17) is 9.72 Å². The van der Waals surface area contributed by atoms with Crippen molar-refractivity contribution >= 4 is 44.7 Å². The summed E-state index contributed by atoms with van der Waals surface area (Å²) in [4.78, 5) is 24.8. The van der Waals surface area contributed by atoms with E-state index in [2.05, 4.69) is 25.8 Å². The topological polar surface area (TPSA) is 129 Å². The number of rotatable bonds is 11. The van der Waals surface area contributed by atoms with Crippen molar-refractivity contribution in [1.29, 1.82) is 0 Å². The molecule has 5 aromatic rings. The van der Waals surface area contributed by atoms with Crippen LogP contribution in [0.3, 0.4) is 0 Å². The highest BCUT2D eigenvalue weighted by Crippen LogP contribution is 2.32. The van der Waals surface area contributed by atoms with E-state index >= 15 is 0 Å². The van der Waals surface area contributed by atoms with Crippen LogP contribution in [0.15, 0.2) is 96.1 Å². The number of benzene rings is 3. The van der Waals surface area contributed by atoms with Gasteiger partial charge in [0.25, 0.3) is 5.91 Å².